The molecule has 1 amide bonds. The number of nitrogens with one attached hydrogen (secondary N) is 2. The van der Waals surface area contributed by atoms with E-state index in [2.05, 4.69) is 15.8 Å². The first-order valence-corrected chi connectivity index (χ1v) is 8.39. The molecule has 0 unspecified atom stereocenters. The van der Waals surface area contributed by atoms with Gasteiger partial charge in [0.15, 0.2) is 5.82 Å². The van der Waals surface area contributed by atoms with Gasteiger partial charge in [-0.2, -0.15) is 0 Å². The molecule has 25 heavy (non-hydrogen) atoms. The molecule has 0 atom stereocenters. The predicted molar refractivity (Wildman–Crippen MR) is 90.6 cm³/mol. The number of carbonyl (C=O) groups is 1. The van der Waals surface area contributed by atoms with Crippen LogP contribution in [-0.2, 0) is 15.1 Å². The molecule has 1 aliphatic heterocycles. The van der Waals surface area contributed by atoms with Gasteiger partial charge in [-0.15, -0.1) is 0 Å². The van der Waals surface area contributed by atoms with E-state index in [0.29, 0.717) is 37.8 Å². The first kappa shape index (κ1) is 17.6. The lowest BCUT2D eigenvalue weighted by molar-refractivity contribution is -0.116. The zero-order valence-corrected chi connectivity index (χ0v) is 14.2. The van der Waals surface area contributed by atoms with Crippen LogP contribution in [0.3, 0.4) is 0 Å². The van der Waals surface area contributed by atoms with Crippen LogP contribution in [-0.4, -0.2) is 30.8 Å². The Hall–Kier alpha value is -2.25. The van der Waals surface area contributed by atoms with Gasteiger partial charge in [0.1, 0.15) is 11.6 Å². The van der Waals surface area contributed by atoms with Crippen molar-refractivity contribution in [2.24, 2.45) is 0 Å². The number of aromatic nitrogens is 1. The van der Waals surface area contributed by atoms with Gasteiger partial charge in [0.05, 0.1) is 0 Å². The van der Waals surface area contributed by atoms with Crippen LogP contribution < -0.4 is 10.6 Å². The van der Waals surface area contributed by atoms with E-state index in [0.717, 1.165) is 18.4 Å². The van der Waals surface area contributed by atoms with E-state index < -0.39 is 0 Å². The van der Waals surface area contributed by atoms with Crippen molar-refractivity contribution in [3.8, 4) is 0 Å². The number of nitrogens with zero attached hydrogens (tertiary/aromatic N) is 1. The number of amides is 1. The Bertz CT molecular complexity index is 709. The van der Waals surface area contributed by atoms with Gasteiger partial charge >= 0.3 is 0 Å². The molecule has 7 heteroatoms. The molecule has 2 heterocycles. The topological polar surface area (TPSA) is 76.4 Å². The van der Waals surface area contributed by atoms with Crippen LogP contribution in [0.5, 0.6) is 0 Å². The van der Waals surface area contributed by atoms with Gasteiger partial charge in [-0.25, -0.2) is 4.39 Å². The quantitative estimate of drug-likeness (QED) is 0.840. The summed E-state index contributed by atoms with van der Waals surface area (Å²) in [5.74, 6) is 0.670. The Morgan fingerprint density at radius 3 is 2.64 bits per heavy atom. The van der Waals surface area contributed by atoms with E-state index in [9.17, 15) is 9.18 Å². The summed E-state index contributed by atoms with van der Waals surface area (Å²) in [5.41, 5.74) is 0.723. The fraction of sp³-hybridized carbons (Fsp3) is 0.444. The first-order valence-electron chi connectivity index (χ1n) is 8.39. The summed E-state index contributed by atoms with van der Waals surface area (Å²) >= 11 is 0. The highest BCUT2D eigenvalue weighted by Crippen LogP contribution is 2.32. The average molecular weight is 347 g/mol. The highest BCUT2D eigenvalue weighted by molar-refractivity contribution is 5.89. The molecule has 1 fully saturated rings. The van der Waals surface area contributed by atoms with Crippen LogP contribution in [0.1, 0.15) is 30.6 Å². The minimum absolute atomic E-state index is 0.137. The van der Waals surface area contributed by atoms with Crippen molar-refractivity contribution in [3.63, 3.8) is 0 Å². The van der Waals surface area contributed by atoms with Crippen LogP contribution in [0.25, 0.3) is 0 Å². The zero-order valence-electron chi connectivity index (χ0n) is 14.2. The standard InChI is InChI=1S/C18H22FN3O3/c1-13-12-16(22-25-13)21-17(23)6-9-20-18(7-10-24-11-8-18)14-2-4-15(19)5-3-14/h2-5,12,20H,6-11H2,1H3,(H,21,22,23). The van der Waals surface area contributed by atoms with Crippen molar-refractivity contribution in [3.05, 3.63) is 47.5 Å². The SMILES string of the molecule is Cc1cc(NC(=O)CCNC2(c3ccc(F)cc3)CCOCC2)no1. The van der Waals surface area contributed by atoms with E-state index in [1.54, 1.807) is 25.1 Å². The monoisotopic (exact) mass is 347 g/mol. The Morgan fingerprint density at radius 1 is 1.28 bits per heavy atom. The van der Waals surface area contributed by atoms with Gasteiger partial charge < -0.3 is 19.9 Å². The maximum Gasteiger partial charge on any atom is 0.226 e. The molecule has 0 saturated carbocycles. The summed E-state index contributed by atoms with van der Waals surface area (Å²) in [6.07, 6.45) is 1.86. The van der Waals surface area contributed by atoms with E-state index in [-0.39, 0.29) is 17.3 Å². The van der Waals surface area contributed by atoms with E-state index in [1.165, 1.54) is 12.1 Å². The van der Waals surface area contributed by atoms with Gasteiger partial charge in [-0.05, 0) is 37.5 Å². The molecule has 0 bridgehead atoms. The van der Waals surface area contributed by atoms with Gasteiger partial charge in [-0.3, -0.25) is 4.79 Å². The smallest absolute Gasteiger partial charge is 0.226 e. The zero-order chi connectivity index (χ0) is 17.7. The molecule has 3 rings (SSSR count). The molecule has 134 valence electrons. The number of halogens is 1. The second-order valence-corrected chi connectivity index (χ2v) is 6.25. The maximum atomic E-state index is 13.2. The Balaban J connectivity index is 1.59. The summed E-state index contributed by atoms with van der Waals surface area (Å²) in [4.78, 5) is 12.0. The van der Waals surface area contributed by atoms with Crippen molar-refractivity contribution in [2.75, 3.05) is 25.1 Å². The van der Waals surface area contributed by atoms with Gasteiger partial charge in [0.2, 0.25) is 5.91 Å². The third-order valence-electron chi connectivity index (χ3n) is 4.45. The maximum absolute atomic E-state index is 13.2. The third kappa shape index (κ3) is 4.43. The molecule has 0 spiro atoms. The van der Waals surface area contributed by atoms with E-state index in [4.69, 9.17) is 9.26 Å². The number of aryl methyl sites for hydroxylation is 1. The average Bonchev–Trinajstić information content (AvgIpc) is 3.01. The van der Waals surface area contributed by atoms with E-state index >= 15 is 0 Å². The molecule has 1 aliphatic rings. The second kappa shape index (κ2) is 7.76. The van der Waals surface area contributed by atoms with Crippen LogP contribution in [0, 0.1) is 12.7 Å². The Labute approximate surface area is 145 Å². The summed E-state index contributed by atoms with van der Waals surface area (Å²) in [5, 5.41) is 9.93. The summed E-state index contributed by atoms with van der Waals surface area (Å²) in [6, 6.07) is 8.20. The normalized spacial score (nSPS) is 16.6. The van der Waals surface area contributed by atoms with Crippen LogP contribution in [0.2, 0.25) is 0 Å². The third-order valence-corrected chi connectivity index (χ3v) is 4.45. The molecule has 6 nitrogen and oxygen atoms in total. The molecule has 1 saturated heterocycles. The number of ether oxygens (including phenoxy) is 1. The molecule has 2 aromatic rings. The van der Waals surface area contributed by atoms with Crippen LogP contribution >= 0.6 is 0 Å². The van der Waals surface area contributed by atoms with Crippen molar-refractivity contribution in [2.45, 2.75) is 31.7 Å². The first-order chi connectivity index (χ1) is 12.1. The fourth-order valence-corrected chi connectivity index (χ4v) is 3.10. The van der Waals surface area contributed by atoms with Gasteiger partial charge in [0, 0.05) is 37.8 Å². The Kier molecular flexibility index (Phi) is 5.45. The number of rotatable bonds is 6. The fourth-order valence-electron chi connectivity index (χ4n) is 3.10. The number of benzene rings is 1. The van der Waals surface area contributed by atoms with Gasteiger partial charge in [-0.1, -0.05) is 17.3 Å². The Morgan fingerprint density at radius 2 is 2.00 bits per heavy atom. The van der Waals surface area contributed by atoms with Gasteiger partial charge in [0.25, 0.3) is 0 Å². The molecule has 0 radical (unpaired) electrons. The molecule has 1 aromatic carbocycles. The number of anilines is 1. The predicted octanol–water partition coefficient (Wildman–Crippen LogP) is 2.75. The minimum Gasteiger partial charge on any atom is -0.381 e. The lowest BCUT2D eigenvalue weighted by Gasteiger charge is -2.39. The number of carbonyl (C=O) groups excluding carboxylic acids is 1. The summed E-state index contributed by atoms with van der Waals surface area (Å²) in [7, 11) is 0. The van der Waals surface area contributed by atoms with Crippen molar-refractivity contribution in [1.82, 2.24) is 10.5 Å². The van der Waals surface area contributed by atoms with Crippen molar-refractivity contribution in [1.29, 1.82) is 0 Å². The van der Waals surface area contributed by atoms with Crippen LogP contribution in [0.15, 0.2) is 34.9 Å². The lowest BCUT2D eigenvalue weighted by Crippen LogP contribution is -2.47. The number of hydrogen-bond donors (Lipinski definition) is 2. The highest BCUT2D eigenvalue weighted by atomic mass is 19.1. The molecule has 0 aliphatic carbocycles. The molecule has 1 aromatic heterocycles. The summed E-state index contributed by atoms with van der Waals surface area (Å²) < 4.78 is 23.6. The largest absolute Gasteiger partial charge is 0.381 e. The lowest BCUT2D eigenvalue weighted by atomic mass is 9.82. The highest BCUT2D eigenvalue weighted by Gasteiger charge is 2.33. The molecular weight excluding hydrogens is 325 g/mol. The molecular formula is C18H22FN3O3. The summed E-state index contributed by atoms with van der Waals surface area (Å²) in [6.45, 7) is 3.53. The van der Waals surface area contributed by atoms with Crippen molar-refractivity contribution < 1.29 is 18.4 Å². The number of hydrogen-bond acceptors (Lipinski definition) is 5. The molecule has 2 N–H and O–H groups in total. The minimum atomic E-state index is -0.295. The van der Waals surface area contributed by atoms with E-state index in [1.807, 2.05) is 0 Å². The van der Waals surface area contributed by atoms with Crippen LogP contribution in [0.4, 0.5) is 10.2 Å². The van der Waals surface area contributed by atoms with Crippen molar-refractivity contribution >= 4 is 11.7 Å². The second-order valence-electron chi connectivity index (χ2n) is 6.25.